The van der Waals surface area contributed by atoms with Crippen molar-refractivity contribution in [2.45, 2.75) is 19.4 Å². The Morgan fingerprint density at radius 2 is 1.64 bits per heavy atom. The van der Waals surface area contributed by atoms with Crippen LogP contribution in [0.15, 0.2) is 110 Å². The first-order chi connectivity index (χ1) is 24.6. The molecule has 2 aromatic heterocycles. The van der Waals surface area contributed by atoms with E-state index in [1.807, 2.05) is 79.1 Å². The molecule has 9 heteroatoms. The second kappa shape index (κ2) is 13.8. The number of anilines is 4. The van der Waals surface area contributed by atoms with Gasteiger partial charge < -0.3 is 29.6 Å². The van der Waals surface area contributed by atoms with Crippen LogP contribution in [0.1, 0.15) is 27.0 Å². The fourth-order valence-electron chi connectivity index (χ4n) is 6.72. The number of hydrogen-bond donors (Lipinski definition) is 2. The molecule has 1 amide bonds. The third-order valence-electron chi connectivity index (χ3n) is 9.46. The number of ether oxygens (including phenoxy) is 2. The van der Waals surface area contributed by atoms with Crippen molar-refractivity contribution in [3.63, 3.8) is 0 Å². The summed E-state index contributed by atoms with van der Waals surface area (Å²) < 4.78 is 13.7. The SMILES string of the molecule is N#Cc1ccc(CCn2cc(-c3ccc4c(c3)Nc3ccc(CCOc5ccc(N6CCOCC6)cc5)cc3NC4=O)c3ccncc32)cc1. The van der Waals surface area contributed by atoms with E-state index in [4.69, 9.17) is 14.7 Å². The number of nitrogens with one attached hydrogen (secondary N) is 2. The first-order valence-corrected chi connectivity index (χ1v) is 16.9. The molecule has 2 N–H and O–H groups in total. The van der Waals surface area contributed by atoms with Gasteiger partial charge in [0, 0.05) is 55.1 Å². The fraction of sp³-hybridized carbons (Fsp3) is 0.195. The first kappa shape index (κ1) is 31.2. The third kappa shape index (κ3) is 6.49. The van der Waals surface area contributed by atoms with Crippen LogP contribution in [0.25, 0.3) is 22.0 Å². The van der Waals surface area contributed by atoms with E-state index >= 15 is 0 Å². The Morgan fingerprint density at radius 1 is 0.820 bits per heavy atom. The number of morpholine rings is 1. The summed E-state index contributed by atoms with van der Waals surface area (Å²) in [5.41, 5.74) is 10.1. The van der Waals surface area contributed by atoms with Crippen molar-refractivity contribution in [2.75, 3.05) is 48.4 Å². The quantitative estimate of drug-likeness (QED) is 0.165. The molecule has 248 valence electrons. The van der Waals surface area contributed by atoms with E-state index in [2.05, 4.69) is 61.6 Å². The van der Waals surface area contributed by atoms with Crippen molar-refractivity contribution >= 4 is 39.6 Å². The Hall–Kier alpha value is -6.11. The maximum absolute atomic E-state index is 13.4. The van der Waals surface area contributed by atoms with Crippen molar-refractivity contribution in [3.05, 3.63) is 132 Å². The number of aromatic nitrogens is 2. The summed E-state index contributed by atoms with van der Waals surface area (Å²) >= 11 is 0. The zero-order valence-corrected chi connectivity index (χ0v) is 27.6. The molecule has 1 fully saturated rings. The number of carbonyl (C=O) groups is 1. The molecule has 0 atom stereocenters. The molecule has 50 heavy (non-hydrogen) atoms. The highest BCUT2D eigenvalue weighted by Crippen LogP contribution is 2.37. The summed E-state index contributed by atoms with van der Waals surface area (Å²) in [6.45, 7) is 4.62. The number of pyridine rings is 1. The lowest BCUT2D eigenvalue weighted by Crippen LogP contribution is -2.36. The molecule has 2 aliphatic rings. The van der Waals surface area contributed by atoms with E-state index in [1.54, 1.807) is 0 Å². The van der Waals surface area contributed by atoms with Gasteiger partial charge in [-0.15, -0.1) is 0 Å². The van der Waals surface area contributed by atoms with Gasteiger partial charge in [0.1, 0.15) is 5.75 Å². The van der Waals surface area contributed by atoms with E-state index in [0.717, 1.165) is 89.7 Å². The van der Waals surface area contributed by atoms with Crippen molar-refractivity contribution in [2.24, 2.45) is 0 Å². The Kier molecular flexibility index (Phi) is 8.60. The highest BCUT2D eigenvalue weighted by atomic mass is 16.5. The third-order valence-corrected chi connectivity index (χ3v) is 9.46. The number of benzene rings is 4. The van der Waals surface area contributed by atoms with Crippen LogP contribution in [0, 0.1) is 11.3 Å². The monoisotopic (exact) mass is 660 g/mol. The molecule has 0 radical (unpaired) electrons. The van der Waals surface area contributed by atoms with Crippen LogP contribution in [0.2, 0.25) is 0 Å². The smallest absolute Gasteiger partial charge is 0.257 e. The van der Waals surface area contributed by atoms with Crippen LogP contribution in [0.5, 0.6) is 5.75 Å². The van der Waals surface area contributed by atoms with E-state index in [1.165, 1.54) is 11.3 Å². The molecule has 0 spiro atoms. The lowest BCUT2D eigenvalue weighted by molar-refractivity contribution is 0.102. The van der Waals surface area contributed by atoms with Crippen LogP contribution >= 0.6 is 0 Å². The van der Waals surface area contributed by atoms with Crippen molar-refractivity contribution in [3.8, 4) is 22.9 Å². The molecule has 2 aliphatic heterocycles. The minimum Gasteiger partial charge on any atom is -0.493 e. The molecule has 9 nitrogen and oxygen atoms in total. The Balaban J connectivity index is 0.967. The van der Waals surface area contributed by atoms with Crippen molar-refractivity contribution < 1.29 is 14.3 Å². The van der Waals surface area contributed by atoms with Gasteiger partial charge in [-0.2, -0.15) is 5.26 Å². The van der Waals surface area contributed by atoms with Crippen LogP contribution in [0.3, 0.4) is 0 Å². The molecule has 0 bridgehead atoms. The van der Waals surface area contributed by atoms with Gasteiger partial charge in [-0.3, -0.25) is 9.78 Å². The van der Waals surface area contributed by atoms with Gasteiger partial charge in [-0.05, 0) is 89.8 Å². The largest absolute Gasteiger partial charge is 0.493 e. The summed E-state index contributed by atoms with van der Waals surface area (Å²) in [6, 6.07) is 32.2. The predicted molar refractivity (Wildman–Crippen MR) is 196 cm³/mol. The van der Waals surface area contributed by atoms with Gasteiger partial charge >= 0.3 is 0 Å². The molecule has 0 unspecified atom stereocenters. The molecule has 0 saturated carbocycles. The molecule has 8 rings (SSSR count). The number of nitrogens with zero attached hydrogens (tertiary/aromatic N) is 4. The minimum atomic E-state index is -0.152. The zero-order chi connectivity index (χ0) is 33.9. The summed E-state index contributed by atoms with van der Waals surface area (Å²) in [5.74, 6) is 0.685. The first-order valence-electron chi connectivity index (χ1n) is 16.9. The highest BCUT2D eigenvalue weighted by Gasteiger charge is 2.21. The lowest BCUT2D eigenvalue weighted by Gasteiger charge is -2.28. The number of aryl methyl sites for hydroxylation is 2. The summed E-state index contributed by atoms with van der Waals surface area (Å²) in [7, 11) is 0. The van der Waals surface area contributed by atoms with Gasteiger partial charge in [0.2, 0.25) is 0 Å². The second-order valence-electron chi connectivity index (χ2n) is 12.6. The van der Waals surface area contributed by atoms with Crippen molar-refractivity contribution in [1.82, 2.24) is 9.55 Å². The van der Waals surface area contributed by atoms with Crippen LogP contribution in [0.4, 0.5) is 22.7 Å². The van der Waals surface area contributed by atoms with Gasteiger partial charge in [0.05, 0.1) is 65.8 Å². The van der Waals surface area contributed by atoms with E-state index in [9.17, 15) is 4.79 Å². The average molecular weight is 661 g/mol. The minimum absolute atomic E-state index is 0.152. The molecule has 0 aliphatic carbocycles. The summed E-state index contributed by atoms with van der Waals surface area (Å²) in [4.78, 5) is 20.2. The molecule has 6 aromatic rings. The van der Waals surface area contributed by atoms with Crippen LogP contribution < -0.4 is 20.3 Å². The maximum Gasteiger partial charge on any atom is 0.257 e. The Morgan fingerprint density at radius 3 is 2.46 bits per heavy atom. The van der Waals surface area contributed by atoms with E-state index in [0.29, 0.717) is 24.2 Å². The molecule has 4 aromatic carbocycles. The summed E-state index contributed by atoms with van der Waals surface area (Å²) in [6.07, 6.45) is 7.40. The van der Waals surface area contributed by atoms with Gasteiger partial charge in [-0.25, -0.2) is 0 Å². The zero-order valence-electron chi connectivity index (χ0n) is 27.6. The number of hydrogen-bond acceptors (Lipinski definition) is 7. The molecular formula is C41H36N6O3. The van der Waals surface area contributed by atoms with Gasteiger partial charge in [0.15, 0.2) is 0 Å². The molecular weight excluding hydrogens is 624 g/mol. The summed E-state index contributed by atoms with van der Waals surface area (Å²) in [5, 5.41) is 16.9. The number of rotatable bonds is 9. The number of fused-ring (bicyclic) bond motifs is 3. The topological polar surface area (TPSA) is 104 Å². The van der Waals surface area contributed by atoms with Crippen molar-refractivity contribution in [1.29, 1.82) is 5.26 Å². The lowest BCUT2D eigenvalue weighted by atomic mass is 10.0. The van der Waals surface area contributed by atoms with E-state index < -0.39 is 0 Å². The number of carbonyl (C=O) groups excluding carboxylic acids is 1. The average Bonchev–Trinajstić information content (AvgIpc) is 3.47. The Bertz CT molecular complexity index is 2210. The fourth-order valence-corrected chi connectivity index (χ4v) is 6.72. The predicted octanol–water partition coefficient (Wildman–Crippen LogP) is 7.59. The number of amides is 1. The highest BCUT2D eigenvalue weighted by molar-refractivity contribution is 6.13. The normalized spacial score (nSPS) is 13.8. The standard InChI is InChI=1S/C41H36N6O3/c42-25-30-3-1-28(2-4-30)14-17-47-27-36(34-13-16-43-26-40(34)47)31-6-11-35-38(24-31)44-37-12-5-29(23-39(37)45-41(35)48)15-20-50-33-9-7-32(8-10-33)46-18-21-49-22-19-46/h1-13,16,23-24,26-27,44H,14-15,17-22H2,(H,45,48). The maximum atomic E-state index is 13.4. The van der Waals surface area contributed by atoms with E-state index in [-0.39, 0.29) is 5.91 Å². The van der Waals surface area contributed by atoms with Crippen LogP contribution in [-0.4, -0.2) is 48.4 Å². The number of nitriles is 1. The molecule has 4 heterocycles. The van der Waals surface area contributed by atoms with Gasteiger partial charge in [0.25, 0.3) is 5.91 Å². The van der Waals surface area contributed by atoms with Gasteiger partial charge in [-0.1, -0.05) is 24.3 Å². The Labute approximate surface area is 290 Å². The second-order valence-corrected chi connectivity index (χ2v) is 12.6. The molecule has 1 saturated heterocycles. The van der Waals surface area contributed by atoms with Crippen LogP contribution in [-0.2, 0) is 24.1 Å².